The molecule has 2 aliphatic heterocycles. The van der Waals surface area contributed by atoms with Gasteiger partial charge in [0.2, 0.25) is 5.91 Å². The summed E-state index contributed by atoms with van der Waals surface area (Å²) >= 11 is 0. The standard InChI is InChI=1S/C16H24N4O2/c1-13-17-5-2-15(18-13)19-6-3-14(4-7-19)12-16(21)20-8-10-22-11-9-20/h2,5,14H,3-4,6-12H2,1H3. The zero-order valence-corrected chi connectivity index (χ0v) is 13.2. The third-order valence-electron chi connectivity index (χ3n) is 4.53. The van der Waals surface area contributed by atoms with Crippen molar-refractivity contribution in [1.29, 1.82) is 0 Å². The average molecular weight is 304 g/mol. The summed E-state index contributed by atoms with van der Waals surface area (Å²) in [6.45, 7) is 6.70. The molecule has 0 radical (unpaired) electrons. The molecule has 0 aliphatic carbocycles. The van der Waals surface area contributed by atoms with E-state index in [2.05, 4.69) is 14.9 Å². The van der Waals surface area contributed by atoms with Crippen molar-refractivity contribution in [1.82, 2.24) is 14.9 Å². The lowest BCUT2D eigenvalue weighted by Crippen LogP contribution is -2.42. The number of aromatic nitrogens is 2. The lowest BCUT2D eigenvalue weighted by molar-refractivity contribution is -0.136. The maximum Gasteiger partial charge on any atom is 0.223 e. The number of ether oxygens (including phenoxy) is 1. The molecule has 120 valence electrons. The topological polar surface area (TPSA) is 58.6 Å². The van der Waals surface area contributed by atoms with Crippen LogP contribution in [0.25, 0.3) is 0 Å². The van der Waals surface area contributed by atoms with E-state index in [9.17, 15) is 4.79 Å². The molecule has 6 heteroatoms. The van der Waals surface area contributed by atoms with Gasteiger partial charge in [0, 0.05) is 38.8 Å². The van der Waals surface area contributed by atoms with Crippen molar-refractivity contribution in [3.63, 3.8) is 0 Å². The zero-order chi connectivity index (χ0) is 15.4. The normalized spacial score (nSPS) is 20.2. The van der Waals surface area contributed by atoms with E-state index in [4.69, 9.17) is 4.74 Å². The van der Waals surface area contributed by atoms with Crippen LogP contribution in [0.3, 0.4) is 0 Å². The second-order valence-corrected chi connectivity index (χ2v) is 6.09. The lowest BCUT2D eigenvalue weighted by atomic mass is 9.93. The predicted molar refractivity (Wildman–Crippen MR) is 83.7 cm³/mol. The Bertz CT molecular complexity index is 509. The maximum atomic E-state index is 12.3. The van der Waals surface area contributed by atoms with Gasteiger partial charge < -0.3 is 14.5 Å². The van der Waals surface area contributed by atoms with Crippen molar-refractivity contribution in [2.24, 2.45) is 5.92 Å². The molecule has 0 N–H and O–H groups in total. The summed E-state index contributed by atoms with van der Waals surface area (Å²) < 4.78 is 5.30. The molecule has 1 aromatic rings. The number of rotatable bonds is 3. The minimum Gasteiger partial charge on any atom is -0.378 e. The molecule has 3 rings (SSSR count). The molecule has 0 saturated carbocycles. The highest BCUT2D eigenvalue weighted by atomic mass is 16.5. The molecule has 0 unspecified atom stereocenters. The summed E-state index contributed by atoms with van der Waals surface area (Å²) in [6, 6.07) is 1.96. The number of aryl methyl sites for hydroxylation is 1. The largest absolute Gasteiger partial charge is 0.378 e. The molecule has 1 amide bonds. The van der Waals surface area contributed by atoms with E-state index in [1.807, 2.05) is 24.1 Å². The Balaban J connectivity index is 1.48. The van der Waals surface area contributed by atoms with Crippen LogP contribution in [-0.2, 0) is 9.53 Å². The van der Waals surface area contributed by atoms with Crippen LogP contribution < -0.4 is 4.90 Å². The molecule has 0 atom stereocenters. The van der Waals surface area contributed by atoms with E-state index in [0.717, 1.165) is 50.7 Å². The Kier molecular flexibility index (Phi) is 4.87. The molecule has 6 nitrogen and oxygen atoms in total. The zero-order valence-electron chi connectivity index (χ0n) is 13.2. The van der Waals surface area contributed by atoms with Gasteiger partial charge in [0.1, 0.15) is 11.6 Å². The van der Waals surface area contributed by atoms with Crippen LogP contribution >= 0.6 is 0 Å². The van der Waals surface area contributed by atoms with Crippen LogP contribution in [0.15, 0.2) is 12.3 Å². The molecule has 2 aliphatic rings. The first kappa shape index (κ1) is 15.2. The van der Waals surface area contributed by atoms with Gasteiger partial charge in [-0.3, -0.25) is 4.79 Å². The third kappa shape index (κ3) is 3.74. The second kappa shape index (κ2) is 7.05. The van der Waals surface area contributed by atoms with Gasteiger partial charge in [-0.15, -0.1) is 0 Å². The fourth-order valence-corrected chi connectivity index (χ4v) is 3.17. The smallest absolute Gasteiger partial charge is 0.223 e. The monoisotopic (exact) mass is 304 g/mol. The quantitative estimate of drug-likeness (QED) is 0.841. The predicted octanol–water partition coefficient (Wildman–Crippen LogP) is 1.25. The number of amides is 1. The van der Waals surface area contributed by atoms with Gasteiger partial charge in [0.05, 0.1) is 13.2 Å². The number of nitrogens with zero attached hydrogens (tertiary/aromatic N) is 4. The molecule has 0 bridgehead atoms. The first-order chi connectivity index (χ1) is 10.7. The van der Waals surface area contributed by atoms with Crippen LogP contribution in [-0.4, -0.2) is 60.2 Å². The number of morpholine rings is 1. The number of carbonyl (C=O) groups excluding carboxylic acids is 1. The van der Waals surface area contributed by atoms with Crippen LogP contribution in [0.5, 0.6) is 0 Å². The first-order valence-electron chi connectivity index (χ1n) is 8.12. The van der Waals surface area contributed by atoms with Crippen LogP contribution in [0.2, 0.25) is 0 Å². The van der Waals surface area contributed by atoms with Gasteiger partial charge in [-0.05, 0) is 31.7 Å². The van der Waals surface area contributed by atoms with Gasteiger partial charge >= 0.3 is 0 Å². The fourth-order valence-electron chi connectivity index (χ4n) is 3.17. The molecule has 0 spiro atoms. The molecule has 2 fully saturated rings. The Labute approximate surface area is 131 Å². The van der Waals surface area contributed by atoms with E-state index in [-0.39, 0.29) is 0 Å². The van der Waals surface area contributed by atoms with Gasteiger partial charge in [0.25, 0.3) is 0 Å². The number of carbonyl (C=O) groups is 1. The molecule has 0 aromatic carbocycles. The number of piperidine rings is 1. The van der Waals surface area contributed by atoms with Crippen LogP contribution in [0.4, 0.5) is 5.82 Å². The molecule has 2 saturated heterocycles. The average Bonchev–Trinajstić information content (AvgIpc) is 2.56. The minimum atomic E-state index is 0.291. The summed E-state index contributed by atoms with van der Waals surface area (Å²) in [7, 11) is 0. The molecule has 22 heavy (non-hydrogen) atoms. The Morgan fingerprint density at radius 3 is 2.68 bits per heavy atom. The summed E-state index contributed by atoms with van der Waals surface area (Å²) in [6.07, 6.45) is 4.60. The van der Waals surface area contributed by atoms with Crippen LogP contribution in [0, 0.1) is 12.8 Å². The first-order valence-corrected chi connectivity index (χ1v) is 8.12. The van der Waals surface area contributed by atoms with Crippen molar-refractivity contribution in [2.45, 2.75) is 26.2 Å². The lowest BCUT2D eigenvalue weighted by Gasteiger charge is -2.34. The van der Waals surface area contributed by atoms with Crippen LogP contribution in [0.1, 0.15) is 25.1 Å². The van der Waals surface area contributed by atoms with E-state index in [1.165, 1.54) is 0 Å². The Hall–Kier alpha value is -1.69. The summed E-state index contributed by atoms with van der Waals surface area (Å²) in [5, 5.41) is 0. The molecule has 3 heterocycles. The summed E-state index contributed by atoms with van der Waals surface area (Å²) in [5.74, 6) is 2.60. The molecular formula is C16H24N4O2. The Morgan fingerprint density at radius 1 is 1.27 bits per heavy atom. The van der Waals surface area contributed by atoms with Crippen molar-refractivity contribution >= 4 is 11.7 Å². The molecular weight excluding hydrogens is 280 g/mol. The summed E-state index contributed by atoms with van der Waals surface area (Å²) in [5.41, 5.74) is 0. The maximum absolute atomic E-state index is 12.3. The highest BCUT2D eigenvalue weighted by molar-refractivity contribution is 5.76. The van der Waals surface area contributed by atoms with E-state index in [0.29, 0.717) is 31.5 Å². The van der Waals surface area contributed by atoms with Crippen molar-refractivity contribution in [3.05, 3.63) is 18.1 Å². The second-order valence-electron chi connectivity index (χ2n) is 6.09. The molecule has 1 aromatic heterocycles. The van der Waals surface area contributed by atoms with E-state index >= 15 is 0 Å². The van der Waals surface area contributed by atoms with Gasteiger partial charge in [-0.2, -0.15) is 0 Å². The van der Waals surface area contributed by atoms with Crippen molar-refractivity contribution < 1.29 is 9.53 Å². The highest BCUT2D eigenvalue weighted by Crippen LogP contribution is 2.24. The fraction of sp³-hybridized carbons (Fsp3) is 0.688. The van der Waals surface area contributed by atoms with Crippen molar-refractivity contribution in [2.75, 3.05) is 44.3 Å². The number of anilines is 1. The SMILES string of the molecule is Cc1nccc(N2CCC(CC(=O)N3CCOCC3)CC2)n1. The van der Waals surface area contributed by atoms with Gasteiger partial charge in [-0.1, -0.05) is 0 Å². The number of hydrogen-bond acceptors (Lipinski definition) is 5. The van der Waals surface area contributed by atoms with Gasteiger partial charge in [-0.25, -0.2) is 9.97 Å². The van der Waals surface area contributed by atoms with Crippen molar-refractivity contribution in [3.8, 4) is 0 Å². The number of hydrogen-bond donors (Lipinski definition) is 0. The highest BCUT2D eigenvalue weighted by Gasteiger charge is 2.25. The minimum absolute atomic E-state index is 0.291. The van der Waals surface area contributed by atoms with E-state index < -0.39 is 0 Å². The third-order valence-corrected chi connectivity index (χ3v) is 4.53. The van der Waals surface area contributed by atoms with E-state index in [1.54, 1.807) is 0 Å². The van der Waals surface area contributed by atoms with Gasteiger partial charge in [0.15, 0.2) is 0 Å². The Morgan fingerprint density at radius 2 is 2.00 bits per heavy atom. The summed E-state index contributed by atoms with van der Waals surface area (Å²) in [4.78, 5) is 25.2.